The lowest BCUT2D eigenvalue weighted by atomic mass is 10.1. The van der Waals surface area contributed by atoms with Crippen LogP contribution < -0.4 is 4.90 Å². The van der Waals surface area contributed by atoms with Gasteiger partial charge in [-0.2, -0.15) is 5.26 Å². The number of anilines is 1. The molecular weight excluding hydrogens is 276 g/mol. The maximum absolute atomic E-state index is 12.5. The summed E-state index contributed by atoms with van der Waals surface area (Å²) in [4.78, 5) is 14.3. The van der Waals surface area contributed by atoms with Gasteiger partial charge >= 0.3 is 0 Å². The Labute approximate surface area is 132 Å². The predicted molar refractivity (Wildman–Crippen MR) is 86.6 cm³/mol. The van der Waals surface area contributed by atoms with E-state index in [1.807, 2.05) is 31.2 Å². The molecule has 0 bridgehead atoms. The van der Waals surface area contributed by atoms with Crippen LogP contribution in [0.3, 0.4) is 0 Å². The SMILES string of the molecule is Cc1ccc(N(CCC#N)C(=O)CC[C@@H]2CC[C@@H](C)O2)cc1. The van der Waals surface area contributed by atoms with Crippen molar-refractivity contribution >= 4 is 11.6 Å². The molecule has 1 fully saturated rings. The van der Waals surface area contributed by atoms with Crippen molar-refractivity contribution in [2.45, 2.75) is 58.2 Å². The fraction of sp³-hybridized carbons (Fsp3) is 0.556. The highest BCUT2D eigenvalue weighted by molar-refractivity contribution is 5.93. The molecule has 0 aromatic heterocycles. The zero-order valence-corrected chi connectivity index (χ0v) is 13.4. The first-order valence-electron chi connectivity index (χ1n) is 7.99. The topological polar surface area (TPSA) is 53.3 Å². The Balaban J connectivity index is 1.96. The predicted octanol–water partition coefficient (Wildman–Crippen LogP) is 3.59. The quantitative estimate of drug-likeness (QED) is 0.806. The lowest BCUT2D eigenvalue weighted by Gasteiger charge is -2.23. The minimum atomic E-state index is 0.0715. The molecule has 0 radical (unpaired) electrons. The van der Waals surface area contributed by atoms with E-state index in [4.69, 9.17) is 10.00 Å². The summed E-state index contributed by atoms with van der Waals surface area (Å²) in [6.07, 6.45) is 4.21. The molecular formula is C18H24N2O2. The van der Waals surface area contributed by atoms with Crippen molar-refractivity contribution in [3.8, 4) is 6.07 Å². The molecule has 1 amide bonds. The highest BCUT2D eigenvalue weighted by Gasteiger charge is 2.24. The van der Waals surface area contributed by atoms with E-state index in [9.17, 15) is 4.79 Å². The number of hydrogen-bond acceptors (Lipinski definition) is 3. The maximum Gasteiger partial charge on any atom is 0.227 e. The molecule has 1 aromatic rings. The molecule has 1 aliphatic heterocycles. The maximum atomic E-state index is 12.5. The second-order valence-corrected chi connectivity index (χ2v) is 5.97. The van der Waals surface area contributed by atoms with Crippen LogP contribution in [0.4, 0.5) is 5.69 Å². The van der Waals surface area contributed by atoms with Gasteiger partial charge in [0.2, 0.25) is 5.91 Å². The average molecular weight is 300 g/mol. The molecule has 4 nitrogen and oxygen atoms in total. The van der Waals surface area contributed by atoms with E-state index in [0.717, 1.165) is 30.5 Å². The van der Waals surface area contributed by atoms with Gasteiger partial charge in [-0.1, -0.05) is 17.7 Å². The highest BCUT2D eigenvalue weighted by Crippen LogP contribution is 2.24. The van der Waals surface area contributed by atoms with Crippen LogP contribution in [0.1, 0.15) is 44.6 Å². The number of ether oxygens (including phenoxy) is 1. The molecule has 1 saturated heterocycles. The minimum Gasteiger partial charge on any atom is -0.375 e. The molecule has 1 heterocycles. The standard InChI is InChI=1S/C18H24N2O2/c1-14-4-7-16(8-5-14)20(13-3-12-19)18(21)11-10-17-9-6-15(2)22-17/h4-5,7-8,15,17H,3,6,9-11,13H2,1-2H3/t15-,17+/m1/s1. The van der Waals surface area contributed by atoms with Crippen LogP contribution in [-0.4, -0.2) is 24.7 Å². The molecule has 2 rings (SSSR count). The molecule has 2 atom stereocenters. The monoisotopic (exact) mass is 300 g/mol. The van der Waals surface area contributed by atoms with Crippen molar-refractivity contribution in [2.24, 2.45) is 0 Å². The fourth-order valence-corrected chi connectivity index (χ4v) is 2.80. The van der Waals surface area contributed by atoms with Crippen LogP contribution in [0, 0.1) is 18.3 Å². The molecule has 0 spiro atoms. The third-order valence-corrected chi connectivity index (χ3v) is 4.09. The molecule has 118 valence electrons. The van der Waals surface area contributed by atoms with E-state index >= 15 is 0 Å². The van der Waals surface area contributed by atoms with Crippen LogP contribution in [0.2, 0.25) is 0 Å². The van der Waals surface area contributed by atoms with Gasteiger partial charge in [-0.15, -0.1) is 0 Å². The van der Waals surface area contributed by atoms with Gasteiger partial charge in [0.25, 0.3) is 0 Å². The van der Waals surface area contributed by atoms with E-state index in [-0.39, 0.29) is 12.0 Å². The smallest absolute Gasteiger partial charge is 0.227 e. The third kappa shape index (κ3) is 4.57. The summed E-state index contributed by atoms with van der Waals surface area (Å²) in [6.45, 7) is 4.54. The van der Waals surface area contributed by atoms with Crippen molar-refractivity contribution < 1.29 is 9.53 Å². The number of benzene rings is 1. The number of nitrogens with zero attached hydrogens (tertiary/aromatic N) is 2. The van der Waals surface area contributed by atoms with Gasteiger partial charge in [-0.3, -0.25) is 4.79 Å². The van der Waals surface area contributed by atoms with E-state index in [0.29, 0.717) is 25.5 Å². The first-order chi connectivity index (χ1) is 10.6. The van der Waals surface area contributed by atoms with Crippen LogP contribution in [-0.2, 0) is 9.53 Å². The summed E-state index contributed by atoms with van der Waals surface area (Å²) in [5.74, 6) is 0.0715. The normalized spacial score (nSPS) is 20.6. The number of amides is 1. The Hall–Kier alpha value is -1.86. The summed E-state index contributed by atoms with van der Waals surface area (Å²) in [7, 11) is 0. The van der Waals surface area contributed by atoms with Gasteiger partial charge in [0, 0.05) is 18.7 Å². The molecule has 1 aromatic carbocycles. The van der Waals surface area contributed by atoms with Gasteiger partial charge in [-0.05, 0) is 45.2 Å². The molecule has 22 heavy (non-hydrogen) atoms. The largest absolute Gasteiger partial charge is 0.375 e. The Morgan fingerprint density at radius 2 is 2.09 bits per heavy atom. The van der Waals surface area contributed by atoms with E-state index in [1.165, 1.54) is 0 Å². The molecule has 1 aliphatic rings. The highest BCUT2D eigenvalue weighted by atomic mass is 16.5. The van der Waals surface area contributed by atoms with Gasteiger partial charge in [0.05, 0.1) is 24.7 Å². The number of nitriles is 1. The zero-order valence-electron chi connectivity index (χ0n) is 13.4. The fourth-order valence-electron chi connectivity index (χ4n) is 2.80. The first-order valence-corrected chi connectivity index (χ1v) is 7.99. The van der Waals surface area contributed by atoms with Crippen molar-refractivity contribution in [1.29, 1.82) is 5.26 Å². The first kappa shape index (κ1) is 16.5. The summed E-state index contributed by atoms with van der Waals surface area (Å²) in [5, 5.41) is 8.81. The van der Waals surface area contributed by atoms with Crippen molar-refractivity contribution in [2.75, 3.05) is 11.4 Å². The molecule has 0 unspecified atom stereocenters. The summed E-state index contributed by atoms with van der Waals surface area (Å²) in [5.41, 5.74) is 2.02. The van der Waals surface area contributed by atoms with Crippen LogP contribution in [0.25, 0.3) is 0 Å². The third-order valence-electron chi connectivity index (χ3n) is 4.09. The number of rotatable bonds is 6. The molecule has 0 aliphatic carbocycles. The Morgan fingerprint density at radius 1 is 1.36 bits per heavy atom. The van der Waals surface area contributed by atoms with Gasteiger partial charge in [0.1, 0.15) is 0 Å². The number of aryl methyl sites for hydroxylation is 1. The average Bonchev–Trinajstić information content (AvgIpc) is 2.93. The van der Waals surface area contributed by atoms with Gasteiger partial charge in [0.15, 0.2) is 0 Å². The van der Waals surface area contributed by atoms with Gasteiger partial charge < -0.3 is 9.64 Å². The van der Waals surface area contributed by atoms with E-state index in [2.05, 4.69) is 13.0 Å². The number of carbonyl (C=O) groups is 1. The van der Waals surface area contributed by atoms with Crippen molar-refractivity contribution in [3.63, 3.8) is 0 Å². The number of carbonyl (C=O) groups excluding carboxylic acids is 1. The van der Waals surface area contributed by atoms with E-state index in [1.54, 1.807) is 4.90 Å². The molecule has 4 heteroatoms. The summed E-state index contributed by atoms with van der Waals surface area (Å²) < 4.78 is 5.77. The minimum absolute atomic E-state index is 0.0715. The van der Waals surface area contributed by atoms with Crippen LogP contribution in [0.15, 0.2) is 24.3 Å². The lowest BCUT2D eigenvalue weighted by molar-refractivity contribution is -0.119. The second kappa shape index (κ2) is 7.95. The van der Waals surface area contributed by atoms with Gasteiger partial charge in [-0.25, -0.2) is 0 Å². The summed E-state index contributed by atoms with van der Waals surface area (Å²) in [6, 6.07) is 9.98. The van der Waals surface area contributed by atoms with Crippen molar-refractivity contribution in [3.05, 3.63) is 29.8 Å². The Bertz CT molecular complexity index is 533. The van der Waals surface area contributed by atoms with Crippen molar-refractivity contribution in [1.82, 2.24) is 0 Å². The Kier molecular flexibility index (Phi) is 5.97. The van der Waals surface area contributed by atoms with Crippen LogP contribution in [0.5, 0.6) is 0 Å². The van der Waals surface area contributed by atoms with Crippen LogP contribution >= 0.6 is 0 Å². The Morgan fingerprint density at radius 3 is 2.68 bits per heavy atom. The van der Waals surface area contributed by atoms with E-state index < -0.39 is 0 Å². The molecule has 0 saturated carbocycles. The molecule has 0 N–H and O–H groups in total. The zero-order chi connectivity index (χ0) is 15.9. The second-order valence-electron chi connectivity index (χ2n) is 5.97. The number of hydrogen-bond donors (Lipinski definition) is 0. The lowest BCUT2D eigenvalue weighted by Crippen LogP contribution is -2.32. The summed E-state index contributed by atoms with van der Waals surface area (Å²) >= 11 is 0.